The molecule has 0 aliphatic heterocycles. The average Bonchev–Trinajstić information content (AvgIpc) is 2.75. The number of carbonyl (C=O) groups is 1. The maximum Gasteiger partial charge on any atom is 0.283 e. The lowest BCUT2D eigenvalue weighted by molar-refractivity contribution is 0.0958. The van der Waals surface area contributed by atoms with Gasteiger partial charge in [0.1, 0.15) is 10.6 Å². The van der Waals surface area contributed by atoms with E-state index in [-0.39, 0.29) is 11.7 Å². The molecule has 0 aliphatic rings. The normalized spacial score (nSPS) is 11.0. The third-order valence-corrected chi connectivity index (χ3v) is 4.81. The van der Waals surface area contributed by atoms with Gasteiger partial charge in [-0.25, -0.2) is 10.4 Å². The van der Waals surface area contributed by atoms with E-state index < -0.39 is 0 Å². The number of phenols is 1. The van der Waals surface area contributed by atoms with E-state index in [0.717, 1.165) is 10.6 Å². The molecule has 0 unspecified atom stereocenters. The standard InChI is InChI=1S/C13H11Br2N3O2S/c1-6-12(21-7(2)17-6)13(20)18-16-5-8-3-9(14)11(19)10(15)4-8/h3-5,19H,1-2H3,(H,18,20)/b16-5+. The van der Waals surface area contributed by atoms with Crippen LogP contribution in [0.3, 0.4) is 0 Å². The molecule has 0 radical (unpaired) electrons. The molecule has 0 bridgehead atoms. The number of nitrogens with zero attached hydrogens (tertiary/aromatic N) is 2. The summed E-state index contributed by atoms with van der Waals surface area (Å²) < 4.78 is 1.08. The molecule has 1 aromatic heterocycles. The average molecular weight is 433 g/mol. The molecule has 1 heterocycles. The number of nitrogens with one attached hydrogen (secondary N) is 1. The number of hydrazone groups is 1. The smallest absolute Gasteiger partial charge is 0.283 e. The van der Waals surface area contributed by atoms with Crippen molar-refractivity contribution in [3.8, 4) is 5.75 Å². The van der Waals surface area contributed by atoms with Gasteiger partial charge in [0.25, 0.3) is 5.91 Å². The molecule has 2 rings (SSSR count). The second-order valence-corrected chi connectivity index (χ2v) is 7.09. The van der Waals surface area contributed by atoms with E-state index in [9.17, 15) is 9.90 Å². The van der Waals surface area contributed by atoms with Gasteiger partial charge >= 0.3 is 0 Å². The van der Waals surface area contributed by atoms with Crippen LogP contribution in [0.5, 0.6) is 5.75 Å². The molecular weight excluding hydrogens is 422 g/mol. The molecule has 0 atom stereocenters. The highest BCUT2D eigenvalue weighted by Gasteiger charge is 2.12. The highest BCUT2D eigenvalue weighted by Crippen LogP contribution is 2.32. The van der Waals surface area contributed by atoms with Crippen molar-refractivity contribution in [3.63, 3.8) is 0 Å². The Morgan fingerprint density at radius 3 is 2.52 bits per heavy atom. The number of phenolic OH excluding ortho intramolecular Hbond substituents is 1. The van der Waals surface area contributed by atoms with Crippen molar-refractivity contribution >= 4 is 55.3 Å². The molecule has 21 heavy (non-hydrogen) atoms. The van der Waals surface area contributed by atoms with Gasteiger partial charge in [0.05, 0.1) is 25.9 Å². The van der Waals surface area contributed by atoms with Gasteiger partial charge in [0, 0.05) is 0 Å². The summed E-state index contributed by atoms with van der Waals surface area (Å²) in [6, 6.07) is 3.38. The zero-order chi connectivity index (χ0) is 15.6. The van der Waals surface area contributed by atoms with Crippen molar-refractivity contribution in [2.24, 2.45) is 5.10 Å². The summed E-state index contributed by atoms with van der Waals surface area (Å²) in [6.07, 6.45) is 1.50. The molecule has 2 aromatic rings. The third kappa shape index (κ3) is 3.90. The minimum Gasteiger partial charge on any atom is -0.506 e. The molecule has 1 aromatic carbocycles. The van der Waals surface area contributed by atoms with Gasteiger partial charge in [0.15, 0.2) is 0 Å². The Bertz CT molecular complexity index is 705. The first-order chi connectivity index (χ1) is 9.88. The third-order valence-electron chi connectivity index (χ3n) is 2.53. The number of aryl methyl sites for hydroxylation is 2. The van der Waals surface area contributed by atoms with Crippen molar-refractivity contribution in [3.05, 3.63) is 42.2 Å². The number of thiazole rings is 1. The largest absolute Gasteiger partial charge is 0.506 e. The minimum absolute atomic E-state index is 0.118. The Balaban J connectivity index is 2.09. The molecular formula is C13H11Br2N3O2S. The molecule has 1 amide bonds. The quantitative estimate of drug-likeness (QED) is 0.572. The van der Waals surface area contributed by atoms with Gasteiger partial charge < -0.3 is 5.11 Å². The Morgan fingerprint density at radius 1 is 1.38 bits per heavy atom. The summed E-state index contributed by atoms with van der Waals surface area (Å²) in [5.41, 5.74) is 3.88. The summed E-state index contributed by atoms with van der Waals surface area (Å²) in [5, 5.41) is 14.4. The van der Waals surface area contributed by atoms with E-state index >= 15 is 0 Å². The van der Waals surface area contributed by atoms with Gasteiger partial charge in [-0.3, -0.25) is 4.79 Å². The number of rotatable bonds is 3. The van der Waals surface area contributed by atoms with E-state index in [1.54, 1.807) is 19.1 Å². The predicted octanol–water partition coefficient (Wildman–Crippen LogP) is 3.75. The number of aromatic hydroxyl groups is 1. The summed E-state index contributed by atoms with van der Waals surface area (Å²) >= 11 is 7.79. The second-order valence-electron chi connectivity index (χ2n) is 4.18. The predicted molar refractivity (Wildman–Crippen MR) is 90.2 cm³/mol. The topological polar surface area (TPSA) is 74.6 Å². The number of hydrogen-bond donors (Lipinski definition) is 2. The first-order valence-electron chi connectivity index (χ1n) is 5.84. The van der Waals surface area contributed by atoms with E-state index in [2.05, 4.69) is 47.4 Å². The summed E-state index contributed by atoms with van der Waals surface area (Å²) in [7, 11) is 0. The lowest BCUT2D eigenvalue weighted by Gasteiger charge is -2.02. The summed E-state index contributed by atoms with van der Waals surface area (Å²) in [5.74, 6) is -0.168. The van der Waals surface area contributed by atoms with Crippen LogP contribution in [0, 0.1) is 13.8 Å². The van der Waals surface area contributed by atoms with Crippen molar-refractivity contribution in [1.29, 1.82) is 0 Å². The SMILES string of the molecule is Cc1nc(C)c(C(=O)N/N=C/c2cc(Br)c(O)c(Br)c2)s1. The minimum atomic E-state index is -0.286. The van der Waals surface area contributed by atoms with E-state index in [1.165, 1.54) is 17.6 Å². The maximum atomic E-state index is 11.9. The number of benzene rings is 1. The monoisotopic (exact) mass is 431 g/mol. The van der Waals surface area contributed by atoms with Gasteiger partial charge in [-0.05, 0) is 63.4 Å². The van der Waals surface area contributed by atoms with E-state index in [0.29, 0.717) is 19.5 Å². The Kier molecular flexibility index (Phi) is 5.13. The van der Waals surface area contributed by atoms with Crippen LogP contribution in [-0.4, -0.2) is 22.2 Å². The van der Waals surface area contributed by atoms with Crippen molar-refractivity contribution in [1.82, 2.24) is 10.4 Å². The maximum absolute atomic E-state index is 11.9. The highest BCUT2D eigenvalue weighted by molar-refractivity contribution is 9.11. The Hall–Kier alpha value is -1.25. The summed E-state index contributed by atoms with van der Waals surface area (Å²) in [4.78, 5) is 16.7. The molecule has 0 saturated carbocycles. The van der Waals surface area contributed by atoms with Crippen molar-refractivity contribution in [2.75, 3.05) is 0 Å². The molecule has 0 aliphatic carbocycles. The van der Waals surface area contributed by atoms with Crippen LogP contribution in [0.2, 0.25) is 0 Å². The molecule has 0 fully saturated rings. The highest BCUT2D eigenvalue weighted by atomic mass is 79.9. The molecule has 2 N–H and O–H groups in total. The van der Waals surface area contributed by atoms with Crippen LogP contribution in [0.1, 0.15) is 25.9 Å². The van der Waals surface area contributed by atoms with Crippen molar-refractivity contribution < 1.29 is 9.90 Å². The molecule has 110 valence electrons. The van der Waals surface area contributed by atoms with Crippen LogP contribution in [0.25, 0.3) is 0 Å². The lowest BCUT2D eigenvalue weighted by Crippen LogP contribution is -2.17. The van der Waals surface area contributed by atoms with Gasteiger partial charge in [-0.2, -0.15) is 5.10 Å². The van der Waals surface area contributed by atoms with Crippen LogP contribution in [0.15, 0.2) is 26.2 Å². The Labute approximate surface area is 142 Å². The van der Waals surface area contributed by atoms with Gasteiger partial charge in [0.2, 0.25) is 0 Å². The Morgan fingerprint density at radius 2 is 2.00 bits per heavy atom. The van der Waals surface area contributed by atoms with Crippen LogP contribution >= 0.6 is 43.2 Å². The first-order valence-corrected chi connectivity index (χ1v) is 8.24. The second kappa shape index (κ2) is 6.67. The number of hydrogen-bond acceptors (Lipinski definition) is 5. The van der Waals surface area contributed by atoms with E-state index in [1.807, 2.05) is 6.92 Å². The number of halogens is 2. The molecule has 8 heteroatoms. The number of amides is 1. The van der Waals surface area contributed by atoms with Gasteiger partial charge in [-0.1, -0.05) is 0 Å². The fourth-order valence-electron chi connectivity index (χ4n) is 1.62. The van der Waals surface area contributed by atoms with Crippen LogP contribution in [-0.2, 0) is 0 Å². The molecule has 5 nitrogen and oxygen atoms in total. The number of carbonyl (C=O) groups excluding carboxylic acids is 1. The zero-order valence-electron chi connectivity index (χ0n) is 11.1. The molecule has 0 spiro atoms. The van der Waals surface area contributed by atoms with Crippen molar-refractivity contribution in [2.45, 2.75) is 13.8 Å². The zero-order valence-corrected chi connectivity index (χ0v) is 15.1. The van der Waals surface area contributed by atoms with E-state index in [4.69, 9.17) is 0 Å². The fraction of sp³-hybridized carbons (Fsp3) is 0.154. The van der Waals surface area contributed by atoms with Crippen LogP contribution < -0.4 is 5.43 Å². The fourth-order valence-corrected chi connectivity index (χ4v) is 3.65. The number of aromatic nitrogens is 1. The molecule has 0 saturated heterocycles. The first kappa shape index (κ1) is 16.1. The van der Waals surface area contributed by atoms with Gasteiger partial charge in [-0.15, -0.1) is 11.3 Å². The summed E-state index contributed by atoms with van der Waals surface area (Å²) in [6.45, 7) is 3.64. The lowest BCUT2D eigenvalue weighted by atomic mass is 10.2. The van der Waals surface area contributed by atoms with Crippen LogP contribution in [0.4, 0.5) is 0 Å².